The van der Waals surface area contributed by atoms with Crippen molar-refractivity contribution in [2.45, 2.75) is 58.2 Å². The number of carbonyl (C=O) groups excluding carboxylic acids is 1. The Balaban J connectivity index is 1.34. The molecular formula is C17H26N8O. The van der Waals surface area contributed by atoms with Gasteiger partial charge in [0.1, 0.15) is 11.6 Å². The number of nitrogens with one attached hydrogen (secondary N) is 1. The van der Waals surface area contributed by atoms with Crippen molar-refractivity contribution >= 4 is 5.91 Å². The fourth-order valence-corrected chi connectivity index (χ4v) is 3.80. The van der Waals surface area contributed by atoms with E-state index in [1.807, 2.05) is 11.8 Å². The summed E-state index contributed by atoms with van der Waals surface area (Å²) in [5.74, 6) is 1.79. The van der Waals surface area contributed by atoms with E-state index in [1.54, 1.807) is 10.9 Å². The summed E-state index contributed by atoms with van der Waals surface area (Å²) in [7, 11) is 0. The van der Waals surface area contributed by atoms with Gasteiger partial charge in [0.15, 0.2) is 5.69 Å². The summed E-state index contributed by atoms with van der Waals surface area (Å²) in [6.07, 6.45) is 7.30. The van der Waals surface area contributed by atoms with Crippen LogP contribution in [0.15, 0.2) is 6.20 Å². The number of hydrogen-bond acceptors (Lipinski definition) is 6. The third-order valence-corrected chi connectivity index (χ3v) is 5.38. The van der Waals surface area contributed by atoms with Crippen molar-refractivity contribution in [3.05, 3.63) is 23.5 Å². The van der Waals surface area contributed by atoms with Gasteiger partial charge in [-0.2, -0.15) is 0 Å². The summed E-state index contributed by atoms with van der Waals surface area (Å²) in [5.41, 5.74) is 0.427. The molecule has 0 saturated carbocycles. The maximum absolute atomic E-state index is 12.8. The third-order valence-electron chi connectivity index (χ3n) is 5.38. The van der Waals surface area contributed by atoms with Crippen molar-refractivity contribution in [1.29, 1.82) is 0 Å². The number of rotatable bonds is 4. The summed E-state index contributed by atoms with van der Waals surface area (Å²) in [6, 6.07) is 0.553. The maximum atomic E-state index is 12.8. The van der Waals surface area contributed by atoms with Crippen LogP contribution in [0.5, 0.6) is 0 Å². The van der Waals surface area contributed by atoms with Crippen LogP contribution < -0.4 is 5.32 Å². The molecule has 9 heteroatoms. The van der Waals surface area contributed by atoms with Crippen molar-refractivity contribution in [2.75, 3.05) is 19.6 Å². The standard InChI is InChI=1S/C17H26N8O/c1-13-19-21-16-6-8-23(10-11-25(13)16)17(26)15-12-24(22-20-15)9-5-14-4-2-3-7-18-14/h12,14,18H,2-11H2,1H3/t14-/m0/s1. The molecule has 4 heterocycles. The largest absolute Gasteiger partial charge is 0.335 e. The van der Waals surface area contributed by atoms with E-state index in [0.717, 1.165) is 37.7 Å². The Morgan fingerprint density at radius 3 is 3.00 bits per heavy atom. The van der Waals surface area contributed by atoms with E-state index < -0.39 is 0 Å². The normalized spacial score (nSPS) is 20.7. The fraction of sp³-hybridized carbons (Fsp3) is 0.706. The molecule has 0 radical (unpaired) electrons. The number of carbonyl (C=O) groups is 1. The lowest BCUT2D eigenvalue weighted by Crippen LogP contribution is -2.34. The Kier molecular flexibility index (Phi) is 4.96. The lowest BCUT2D eigenvalue weighted by molar-refractivity contribution is 0.0752. The Morgan fingerprint density at radius 2 is 2.15 bits per heavy atom. The highest BCUT2D eigenvalue weighted by atomic mass is 16.2. The molecule has 2 aliphatic heterocycles. The van der Waals surface area contributed by atoms with Gasteiger partial charge in [0.05, 0.1) is 6.20 Å². The molecule has 1 N–H and O–H groups in total. The quantitative estimate of drug-likeness (QED) is 0.851. The third kappa shape index (κ3) is 3.62. The lowest BCUT2D eigenvalue weighted by atomic mass is 10.0. The average Bonchev–Trinajstić information content (AvgIpc) is 3.21. The second kappa shape index (κ2) is 7.53. The highest BCUT2D eigenvalue weighted by molar-refractivity contribution is 5.91. The van der Waals surface area contributed by atoms with Crippen LogP contribution in [0.4, 0.5) is 0 Å². The highest BCUT2D eigenvalue weighted by Gasteiger charge is 2.23. The molecule has 2 aromatic rings. The maximum Gasteiger partial charge on any atom is 0.276 e. The highest BCUT2D eigenvalue weighted by Crippen LogP contribution is 2.13. The first-order chi connectivity index (χ1) is 12.7. The molecule has 26 heavy (non-hydrogen) atoms. The van der Waals surface area contributed by atoms with Gasteiger partial charge >= 0.3 is 0 Å². The van der Waals surface area contributed by atoms with E-state index >= 15 is 0 Å². The van der Waals surface area contributed by atoms with Crippen molar-refractivity contribution < 1.29 is 4.79 Å². The average molecular weight is 358 g/mol. The summed E-state index contributed by atoms with van der Waals surface area (Å²) < 4.78 is 3.88. The molecule has 1 amide bonds. The van der Waals surface area contributed by atoms with Crippen molar-refractivity contribution in [3.8, 4) is 0 Å². The number of aryl methyl sites for hydroxylation is 2. The van der Waals surface area contributed by atoms with E-state index in [9.17, 15) is 4.79 Å². The summed E-state index contributed by atoms with van der Waals surface area (Å²) in [4.78, 5) is 14.6. The number of fused-ring (bicyclic) bond motifs is 1. The van der Waals surface area contributed by atoms with Crippen molar-refractivity contribution in [1.82, 2.24) is 40.0 Å². The summed E-state index contributed by atoms with van der Waals surface area (Å²) >= 11 is 0. The van der Waals surface area contributed by atoms with Crippen LogP contribution in [0.2, 0.25) is 0 Å². The van der Waals surface area contributed by atoms with Crippen LogP contribution in [-0.2, 0) is 19.5 Å². The zero-order chi connectivity index (χ0) is 17.9. The van der Waals surface area contributed by atoms with E-state index in [-0.39, 0.29) is 5.91 Å². The Morgan fingerprint density at radius 1 is 1.23 bits per heavy atom. The summed E-state index contributed by atoms with van der Waals surface area (Å²) in [5, 5.41) is 20.1. The molecule has 1 fully saturated rings. The number of amides is 1. The van der Waals surface area contributed by atoms with Gasteiger partial charge in [-0.25, -0.2) is 0 Å². The Bertz CT molecular complexity index is 761. The molecule has 1 atom stereocenters. The zero-order valence-electron chi connectivity index (χ0n) is 15.3. The molecule has 4 rings (SSSR count). The topological polar surface area (TPSA) is 93.8 Å². The van der Waals surface area contributed by atoms with E-state index in [0.29, 0.717) is 31.2 Å². The van der Waals surface area contributed by atoms with Crippen molar-refractivity contribution in [2.24, 2.45) is 0 Å². The molecule has 140 valence electrons. The number of hydrogen-bond donors (Lipinski definition) is 1. The minimum absolute atomic E-state index is 0.0524. The van der Waals surface area contributed by atoms with E-state index in [4.69, 9.17) is 0 Å². The van der Waals surface area contributed by atoms with Crippen LogP contribution in [0.1, 0.15) is 47.8 Å². The van der Waals surface area contributed by atoms with Crippen LogP contribution in [0.3, 0.4) is 0 Å². The molecule has 0 aliphatic carbocycles. The molecule has 0 aromatic carbocycles. The van der Waals surface area contributed by atoms with Gasteiger partial charge in [0, 0.05) is 38.6 Å². The number of aromatic nitrogens is 6. The van der Waals surface area contributed by atoms with Gasteiger partial charge in [-0.1, -0.05) is 11.6 Å². The molecular weight excluding hydrogens is 332 g/mol. The molecule has 1 saturated heterocycles. The predicted octanol–water partition coefficient (Wildman–Crippen LogP) is 0.409. The van der Waals surface area contributed by atoms with Crippen LogP contribution in [0.25, 0.3) is 0 Å². The second-order valence-corrected chi connectivity index (χ2v) is 7.16. The van der Waals surface area contributed by atoms with Gasteiger partial charge in [-0.05, 0) is 32.7 Å². The smallest absolute Gasteiger partial charge is 0.276 e. The fourth-order valence-electron chi connectivity index (χ4n) is 3.80. The zero-order valence-corrected chi connectivity index (χ0v) is 15.3. The first-order valence-corrected chi connectivity index (χ1v) is 9.52. The molecule has 0 bridgehead atoms. The second-order valence-electron chi connectivity index (χ2n) is 7.16. The van der Waals surface area contributed by atoms with Gasteiger partial charge in [0.2, 0.25) is 0 Å². The van der Waals surface area contributed by atoms with Crippen LogP contribution in [-0.4, -0.2) is 66.2 Å². The minimum atomic E-state index is -0.0524. The number of nitrogens with zero attached hydrogens (tertiary/aromatic N) is 7. The molecule has 0 unspecified atom stereocenters. The van der Waals surface area contributed by atoms with Gasteiger partial charge in [0.25, 0.3) is 5.91 Å². The molecule has 0 spiro atoms. The minimum Gasteiger partial charge on any atom is -0.335 e. The van der Waals surface area contributed by atoms with E-state index in [1.165, 1.54) is 19.3 Å². The van der Waals surface area contributed by atoms with Gasteiger partial charge in [-0.15, -0.1) is 15.3 Å². The van der Waals surface area contributed by atoms with E-state index in [2.05, 4.69) is 30.4 Å². The number of piperidine rings is 1. The Labute approximate surface area is 152 Å². The first kappa shape index (κ1) is 17.1. The Hall–Kier alpha value is -2.29. The summed E-state index contributed by atoms with van der Waals surface area (Å²) in [6.45, 7) is 5.84. The van der Waals surface area contributed by atoms with Crippen molar-refractivity contribution in [3.63, 3.8) is 0 Å². The van der Waals surface area contributed by atoms with Gasteiger partial charge in [-0.3, -0.25) is 9.48 Å². The lowest BCUT2D eigenvalue weighted by Gasteiger charge is -2.23. The molecule has 2 aromatic heterocycles. The molecule has 9 nitrogen and oxygen atoms in total. The predicted molar refractivity (Wildman–Crippen MR) is 94.6 cm³/mol. The van der Waals surface area contributed by atoms with Gasteiger partial charge < -0.3 is 14.8 Å². The first-order valence-electron chi connectivity index (χ1n) is 9.52. The van der Waals surface area contributed by atoms with Crippen LogP contribution in [0, 0.1) is 6.92 Å². The van der Waals surface area contributed by atoms with Crippen LogP contribution >= 0.6 is 0 Å². The molecule has 2 aliphatic rings. The monoisotopic (exact) mass is 358 g/mol. The SMILES string of the molecule is Cc1nnc2n1CCN(C(=O)c1cn(CC[C@@H]3CCCCN3)nn1)CC2.